The first-order valence-electron chi connectivity index (χ1n) is 30.5. The molecule has 6 rings (SSSR count). The fourth-order valence-corrected chi connectivity index (χ4v) is 9.83. The molecule has 5 saturated carbocycles. The third-order valence-corrected chi connectivity index (χ3v) is 18.1. The molecule has 1 aromatic rings. The number of hydrogen-bond donors (Lipinski definition) is 8. The van der Waals surface area contributed by atoms with E-state index in [0.29, 0.717) is 96.7 Å². The van der Waals surface area contributed by atoms with Crippen LogP contribution >= 0.6 is 0 Å². The van der Waals surface area contributed by atoms with Crippen LogP contribution in [0.3, 0.4) is 0 Å². The molecule has 542 valence electrons. The van der Waals surface area contributed by atoms with Crippen LogP contribution in [0.5, 0.6) is 0 Å². The Hall–Kier alpha value is -3.87. The molecule has 0 spiro atoms. The van der Waals surface area contributed by atoms with Gasteiger partial charge in [-0.2, -0.15) is 0 Å². The number of benzene rings is 1. The Bertz CT molecular complexity index is 2390. The summed E-state index contributed by atoms with van der Waals surface area (Å²) in [6, 6.07) is 9.01. The number of esters is 5. The van der Waals surface area contributed by atoms with E-state index in [2.05, 4.69) is 55.2 Å². The van der Waals surface area contributed by atoms with Crippen molar-refractivity contribution in [2.75, 3.05) is 65.3 Å². The summed E-state index contributed by atoms with van der Waals surface area (Å²) in [5.74, 6) is -4.30. The Kier molecular flexibility index (Phi) is 60.9. The molecule has 0 aliphatic heterocycles. The summed E-state index contributed by atoms with van der Waals surface area (Å²) in [5.41, 5.74) is 2.70. The number of nitrogens with one attached hydrogen (secondary N) is 3. The first kappa shape index (κ1) is 107. The van der Waals surface area contributed by atoms with Crippen molar-refractivity contribution < 1.29 is 193 Å². The van der Waals surface area contributed by atoms with E-state index < -0.39 is 85.6 Å². The molecule has 11 N–H and O–H groups in total. The third kappa shape index (κ3) is 37.8. The van der Waals surface area contributed by atoms with Crippen LogP contribution in [0, 0.1) is 10.8 Å². The standard InChI is InChI=1S/C16H20N2O3.C13H25NO4Si.C11H21NO4Si.C10H16O4.C8H12O4.C2H6O.CH4O.3CH4.K.Na.2H2O/c1-2-21-14(19)9-6-12-4-7-13(8-5-12)18-15(20)16(17)10-3-11-16;1-5-17-11(15)13(7-6-8-13)14-12(16)18-9-10-19(2,3)4;1-17(2,3)8-7-16-10(15)12-11(9(13)14)5-4-6-11;1-3-13-8(11)10(6-5-7-10)9(12)14-4-2;1-2-12-7(11)8(6(9)10)4-3-5-8;1-2-3;1-2;;;;;;;/h4-9H,2-3,10-11,17H2,1H3,(H,18,20);5-10H2,1-4H3,(H,14,16);4-8H2,1-3H3,(H,12,15)(H,13,14);3-7H2,1-2H3;2-5H2,1H3,(H,9,10);3H,2H2,1H3;2H,1H3;3*1H4;;;2*1H2/q;;;;;;;;;;2*+1;;/p-2. The SMILES string of the molecule is C.C.C.CCO.CCOC(=O)C1(C(=O)O)CCC1.CCOC(=O)C1(C(=O)OCC)CCC1.CCOC(=O)C1(NC(=O)OCC[Si](C)(C)C)CCC1.CCOC(=O)C=Cc1ccc(NC(=O)C2(N)CCC2)cc1.CO.C[Si](C)(C)CCOC(=O)NC1(C(=O)O)CCC1.[K+].[Na+].[OH-].[OH-]. The number of carbonyl (C=O) groups is 10. The van der Waals surface area contributed by atoms with Crippen LogP contribution in [-0.4, -0.2) is 184 Å². The second kappa shape index (κ2) is 54.0. The number of carboxylic acids is 2. The first-order valence-corrected chi connectivity index (χ1v) is 37.9. The van der Waals surface area contributed by atoms with Crippen LogP contribution < -0.4 is 103 Å². The summed E-state index contributed by atoms with van der Waals surface area (Å²) in [5, 5.41) is 40.3. The van der Waals surface area contributed by atoms with E-state index >= 15 is 0 Å². The molecule has 95 heavy (non-hydrogen) atoms. The molecule has 0 aromatic heterocycles. The summed E-state index contributed by atoms with van der Waals surface area (Å²) in [6.45, 7) is 26.2. The Morgan fingerprint density at radius 3 is 1.11 bits per heavy atom. The summed E-state index contributed by atoms with van der Waals surface area (Å²) < 4.78 is 34.4. The largest absolute Gasteiger partial charge is 1.00 e. The molecule has 1 aromatic carbocycles. The molecule has 31 heteroatoms. The minimum atomic E-state index is -1.22. The van der Waals surface area contributed by atoms with Crippen molar-refractivity contribution in [1.82, 2.24) is 10.6 Å². The van der Waals surface area contributed by atoms with Crippen molar-refractivity contribution in [2.45, 2.75) is 228 Å². The third-order valence-electron chi connectivity index (χ3n) is 14.7. The zero-order valence-corrected chi connectivity index (χ0v) is 64.5. The van der Waals surface area contributed by atoms with E-state index in [0.717, 1.165) is 69.7 Å². The number of alkyl carbamates (subject to hydrolysis) is 2. The molecule has 3 amide bonds. The Balaban J connectivity index is -0.000000162. The smallest absolute Gasteiger partial charge is 0.870 e. The molecule has 5 aliphatic carbocycles. The Morgan fingerprint density at radius 2 is 0.832 bits per heavy atom. The van der Waals surface area contributed by atoms with Crippen molar-refractivity contribution in [1.29, 1.82) is 0 Å². The van der Waals surface area contributed by atoms with Crippen LogP contribution in [0.4, 0.5) is 15.3 Å². The summed E-state index contributed by atoms with van der Waals surface area (Å²) >= 11 is 0. The van der Waals surface area contributed by atoms with E-state index in [1.165, 1.54) is 6.08 Å². The topological polar surface area (TPSA) is 438 Å². The van der Waals surface area contributed by atoms with Crippen LogP contribution in [0.25, 0.3) is 6.08 Å². The summed E-state index contributed by atoms with van der Waals surface area (Å²) in [7, 11) is -1.43. The Labute approximate surface area is 632 Å². The first-order chi connectivity index (χ1) is 41.3. The van der Waals surface area contributed by atoms with Crippen molar-refractivity contribution in [2.24, 2.45) is 16.6 Å². The van der Waals surface area contributed by atoms with E-state index in [9.17, 15) is 47.9 Å². The minimum absolute atomic E-state index is 0. The minimum Gasteiger partial charge on any atom is -0.870 e. The maximum absolute atomic E-state index is 12.0. The quantitative estimate of drug-likeness (QED) is 0.0253. The predicted molar refractivity (Wildman–Crippen MR) is 359 cm³/mol. The maximum atomic E-state index is 12.0. The van der Waals surface area contributed by atoms with Gasteiger partial charge in [-0.05, 0) is 174 Å². The number of aliphatic hydroxyl groups excluding tert-OH is 2. The number of carboxylic acid groups (broad SMARTS) is 2. The number of hydrogen-bond acceptors (Lipinski definition) is 22. The van der Waals surface area contributed by atoms with Gasteiger partial charge in [-0.15, -0.1) is 0 Å². The fourth-order valence-electron chi connectivity index (χ4n) is 8.40. The summed E-state index contributed by atoms with van der Waals surface area (Å²) in [4.78, 5) is 114. The molecular formula is C64H118KN4NaO23Si2. The number of ether oxygens (including phenoxy) is 7. The van der Waals surface area contributed by atoms with E-state index in [4.69, 9.17) is 59.3 Å². The van der Waals surface area contributed by atoms with Gasteiger partial charge >= 0.3 is 135 Å². The van der Waals surface area contributed by atoms with Gasteiger partial charge in [0.1, 0.15) is 11.1 Å². The van der Waals surface area contributed by atoms with E-state index in [1.807, 2.05) is 12.1 Å². The number of aliphatic hydroxyl groups is 2. The predicted octanol–water partition coefficient (Wildman–Crippen LogP) is 3.93. The molecular weight excluding hydrogens is 1310 g/mol. The van der Waals surface area contributed by atoms with Crippen molar-refractivity contribution in [3.63, 3.8) is 0 Å². The number of amides is 3. The number of nitrogens with two attached hydrogens (primary N) is 1. The Morgan fingerprint density at radius 1 is 0.505 bits per heavy atom. The van der Waals surface area contributed by atoms with Crippen LogP contribution in [0.1, 0.15) is 166 Å². The van der Waals surface area contributed by atoms with Crippen molar-refractivity contribution in [3.8, 4) is 0 Å². The molecule has 27 nitrogen and oxygen atoms in total. The average molecular weight is 1430 g/mol. The molecule has 0 atom stereocenters. The maximum Gasteiger partial charge on any atom is 1.00 e. The van der Waals surface area contributed by atoms with Crippen LogP contribution in [0.2, 0.25) is 51.4 Å². The average Bonchev–Trinajstić information content (AvgIpc) is 0.807. The van der Waals surface area contributed by atoms with Gasteiger partial charge in [0.05, 0.1) is 51.8 Å². The number of rotatable bonds is 23. The molecule has 0 heterocycles. The van der Waals surface area contributed by atoms with Gasteiger partial charge in [0.15, 0.2) is 10.8 Å². The van der Waals surface area contributed by atoms with Gasteiger partial charge in [-0.25, -0.2) is 24.0 Å². The van der Waals surface area contributed by atoms with Crippen molar-refractivity contribution in [3.05, 3.63) is 35.9 Å². The normalized spacial score (nSPS) is 15.7. The van der Waals surface area contributed by atoms with Crippen LogP contribution in [0.15, 0.2) is 30.3 Å². The summed E-state index contributed by atoms with van der Waals surface area (Å²) in [6.07, 6.45) is 12.0. The molecule has 5 aliphatic rings. The molecule has 5 fully saturated rings. The van der Waals surface area contributed by atoms with E-state index in [1.54, 1.807) is 59.8 Å². The fraction of sp³-hybridized carbons (Fsp3) is 0.719. The van der Waals surface area contributed by atoms with Gasteiger partial charge < -0.3 is 86.2 Å². The zero-order chi connectivity index (χ0) is 67.4. The van der Waals surface area contributed by atoms with Gasteiger partial charge in [0.2, 0.25) is 5.91 Å². The van der Waals surface area contributed by atoms with Gasteiger partial charge in [0, 0.05) is 41.6 Å². The zero-order valence-electron chi connectivity index (χ0n) is 57.3. The second-order valence-electron chi connectivity index (χ2n) is 23.9. The van der Waals surface area contributed by atoms with Gasteiger partial charge in [-0.1, -0.05) is 73.7 Å². The molecule has 0 saturated heterocycles. The number of anilines is 1. The second-order valence-corrected chi connectivity index (χ2v) is 35.1. The number of carbonyl (C=O) groups excluding carboxylic acids is 8. The van der Waals surface area contributed by atoms with Crippen LogP contribution in [-0.2, 0) is 71.5 Å². The monoisotopic (exact) mass is 1430 g/mol. The van der Waals surface area contributed by atoms with Gasteiger partial charge in [0.25, 0.3) is 0 Å². The molecule has 0 radical (unpaired) electrons. The van der Waals surface area contributed by atoms with Gasteiger partial charge in [-0.3, -0.25) is 24.0 Å². The molecule has 0 bridgehead atoms. The molecule has 0 unspecified atom stereocenters. The van der Waals surface area contributed by atoms with Crippen molar-refractivity contribution >= 4 is 87.8 Å². The van der Waals surface area contributed by atoms with E-state index in [-0.39, 0.29) is 145 Å². The number of aliphatic carboxylic acids is 2.